The Morgan fingerprint density at radius 1 is 1.15 bits per heavy atom. The van der Waals surface area contributed by atoms with Gasteiger partial charge < -0.3 is 10.2 Å². The maximum Gasteiger partial charge on any atom is 0.285 e. The van der Waals surface area contributed by atoms with E-state index in [1.807, 2.05) is 0 Å². The molecule has 4 fully saturated rings. The molecule has 27 heavy (non-hydrogen) atoms. The van der Waals surface area contributed by atoms with Gasteiger partial charge in [-0.3, -0.25) is 4.79 Å². The fourth-order valence-electron chi connectivity index (χ4n) is 6.25. The highest BCUT2D eigenvalue weighted by atomic mass is 32.2. The summed E-state index contributed by atoms with van der Waals surface area (Å²) in [5, 5.41) is 3.34. The Kier molecular flexibility index (Phi) is 3.70. The molecule has 0 saturated heterocycles. The van der Waals surface area contributed by atoms with E-state index in [1.54, 1.807) is 36.2 Å². The number of hydrogen-bond donors (Lipinski definition) is 1. The summed E-state index contributed by atoms with van der Waals surface area (Å²) in [5.74, 6) is 2.62. The summed E-state index contributed by atoms with van der Waals surface area (Å²) in [5.41, 5.74) is 0.538. The minimum absolute atomic E-state index is 0.0336. The molecule has 0 atom stereocenters. The van der Waals surface area contributed by atoms with Gasteiger partial charge in [-0.15, -0.1) is 4.40 Å². The van der Waals surface area contributed by atoms with Crippen LogP contribution in [-0.2, 0) is 14.8 Å². The SMILES string of the molecule is CN(CC(=O)NC12CC3CC(CC(C3)C1)C2)C1=NS(=O)(=O)c2ccccc21. The van der Waals surface area contributed by atoms with Gasteiger partial charge in [0.25, 0.3) is 10.0 Å². The first-order valence-corrected chi connectivity index (χ1v) is 11.2. The van der Waals surface area contributed by atoms with E-state index in [4.69, 9.17) is 0 Å². The minimum Gasteiger partial charge on any atom is -0.349 e. The van der Waals surface area contributed by atoms with Crippen molar-refractivity contribution in [2.75, 3.05) is 13.6 Å². The third-order valence-corrected chi connectivity index (χ3v) is 8.12. The van der Waals surface area contributed by atoms with Crippen molar-refractivity contribution in [3.63, 3.8) is 0 Å². The number of fused-ring (bicyclic) bond motifs is 1. The summed E-state index contributed by atoms with van der Waals surface area (Å²) in [6.45, 7) is 0.116. The Balaban J connectivity index is 1.31. The van der Waals surface area contributed by atoms with Crippen LogP contribution in [0, 0.1) is 17.8 Å². The molecule has 1 aliphatic heterocycles. The third-order valence-electron chi connectivity index (χ3n) is 6.80. The average molecular weight is 388 g/mol. The van der Waals surface area contributed by atoms with Crippen molar-refractivity contribution in [2.24, 2.45) is 22.2 Å². The molecule has 4 bridgehead atoms. The summed E-state index contributed by atoms with van der Waals surface area (Å²) in [6, 6.07) is 6.78. The van der Waals surface area contributed by atoms with Crippen molar-refractivity contribution >= 4 is 21.8 Å². The maximum atomic E-state index is 12.8. The normalized spacial score (nSPS) is 34.9. The van der Waals surface area contributed by atoms with Gasteiger partial charge in [-0.1, -0.05) is 12.1 Å². The van der Waals surface area contributed by atoms with Gasteiger partial charge in [0.15, 0.2) is 5.84 Å². The number of sulfonamides is 1. The number of nitrogens with zero attached hydrogens (tertiary/aromatic N) is 2. The zero-order valence-corrected chi connectivity index (χ0v) is 16.3. The molecule has 0 radical (unpaired) electrons. The van der Waals surface area contributed by atoms with Crippen LogP contribution in [0.2, 0.25) is 0 Å². The number of likely N-dealkylation sites (N-methyl/N-ethyl adjacent to an activating group) is 1. The number of carbonyl (C=O) groups excluding carboxylic acids is 1. The highest BCUT2D eigenvalue weighted by Gasteiger charge is 2.51. The predicted octanol–water partition coefficient (Wildman–Crippen LogP) is 2.15. The molecule has 7 heteroatoms. The molecule has 1 aromatic rings. The first kappa shape index (κ1) is 17.2. The molecule has 4 aliphatic carbocycles. The molecular formula is C20H25N3O3S. The molecule has 1 N–H and O–H groups in total. The van der Waals surface area contributed by atoms with Crippen LogP contribution in [-0.4, -0.2) is 44.2 Å². The van der Waals surface area contributed by atoms with Gasteiger partial charge in [0.2, 0.25) is 5.91 Å². The van der Waals surface area contributed by atoms with Crippen LogP contribution in [0.4, 0.5) is 0 Å². The van der Waals surface area contributed by atoms with E-state index in [0.717, 1.165) is 37.0 Å². The Bertz CT molecular complexity index is 902. The average Bonchev–Trinajstić information content (AvgIpc) is 2.85. The van der Waals surface area contributed by atoms with Gasteiger partial charge in [0.1, 0.15) is 4.90 Å². The van der Waals surface area contributed by atoms with E-state index in [2.05, 4.69) is 9.71 Å². The summed E-state index contributed by atoms with van der Waals surface area (Å²) < 4.78 is 28.4. The summed E-state index contributed by atoms with van der Waals surface area (Å²) in [4.78, 5) is 14.7. The van der Waals surface area contributed by atoms with Gasteiger partial charge in [0.05, 0.1) is 6.54 Å². The Labute approximate surface area is 160 Å². The van der Waals surface area contributed by atoms with Crippen molar-refractivity contribution in [1.82, 2.24) is 10.2 Å². The maximum absolute atomic E-state index is 12.8. The Morgan fingerprint density at radius 2 is 1.74 bits per heavy atom. The minimum atomic E-state index is -3.66. The highest BCUT2D eigenvalue weighted by molar-refractivity contribution is 7.90. The van der Waals surface area contributed by atoms with Crippen LogP contribution in [0.5, 0.6) is 0 Å². The van der Waals surface area contributed by atoms with Crippen molar-refractivity contribution in [2.45, 2.75) is 49.0 Å². The lowest BCUT2D eigenvalue weighted by Gasteiger charge is -2.57. The third kappa shape index (κ3) is 2.87. The second kappa shape index (κ2) is 5.80. The van der Waals surface area contributed by atoms with Crippen LogP contribution in [0.25, 0.3) is 0 Å². The van der Waals surface area contributed by atoms with Gasteiger partial charge in [0, 0.05) is 18.2 Å². The topological polar surface area (TPSA) is 78.8 Å². The van der Waals surface area contributed by atoms with Crippen molar-refractivity contribution in [3.8, 4) is 0 Å². The Hall–Kier alpha value is -1.89. The van der Waals surface area contributed by atoms with E-state index in [1.165, 1.54) is 19.3 Å². The first-order valence-electron chi connectivity index (χ1n) is 9.80. The standard InChI is InChI=1S/C20H25N3O3S/c1-23(19-16-4-2-3-5-17(16)27(25,26)22-19)12-18(24)21-20-9-13-6-14(10-20)8-15(7-13)11-20/h2-5,13-15H,6-12H2,1H3,(H,21,24). The molecule has 0 unspecified atom stereocenters. The number of amidine groups is 1. The van der Waals surface area contributed by atoms with E-state index in [9.17, 15) is 13.2 Å². The molecule has 5 aliphatic rings. The lowest BCUT2D eigenvalue weighted by atomic mass is 9.53. The van der Waals surface area contributed by atoms with Crippen LogP contribution in [0.1, 0.15) is 44.1 Å². The fourth-order valence-corrected chi connectivity index (χ4v) is 7.50. The monoisotopic (exact) mass is 387 g/mol. The Morgan fingerprint density at radius 3 is 2.37 bits per heavy atom. The summed E-state index contributed by atoms with van der Waals surface area (Å²) in [7, 11) is -1.93. The largest absolute Gasteiger partial charge is 0.349 e. The lowest BCUT2D eigenvalue weighted by Crippen LogP contribution is -2.61. The van der Waals surface area contributed by atoms with Crippen LogP contribution >= 0.6 is 0 Å². The van der Waals surface area contributed by atoms with E-state index in [0.29, 0.717) is 11.4 Å². The quantitative estimate of drug-likeness (QED) is 0.862. The zero-order valence-electron chi connectivity index (χ0n) is 15.5. The smallest absolute Gasteiger partial charge is 0.285 e. The van der Waals surface area contributed by atoms with E-state index < -0.39 is 10.0 Å². The molecule has 1 heterocycles. The van der Waals surface area contributed by atoms with Gasteiger partial charge >= 0.3 is 0 Å². The molecule has 0 aromatic heterocycles. The van der Waals surface area contributed by atoms with Crippen LogP contribution in [0.3, 0.4) is 0 Å². The molecule has 6 nitrogen and oxygen atoms in total. The van der Waals surface area contributed by atoms with Gasteiger partial charge in [-0.05, 0) is 68.4 Å². The molecular weight excluding hydrogens is 362 g/mol. The number of rotatable bonds is 3. The van der Waals surface area contributed by atoms with Crippen molar-refractivity contribution < 1.29 is 13.2 Å². The molecule has 1 aromatic carbocycles. The van der Waals surface area contributed by atoms with E-state index >= 15 is 0 Å². The number of amides is 1. The summed E-state index contributed by atoms with van der Waals surface area (Å²) >= 11 is 0. The van der Waals surface area contributed by atoms with E-state index in [-0.39, 0.29) is 22.9 Å². The zero-order chi connectivity index (χ0) is 18.8. The van der Waals surface area contributed by atoms with Crippen molar-refractivity contribution in [1.29, 1.82) is 0 Å². The number of hydrogen-bond acceptors (Lipinski definition) is 4. The molecule has 6 rings (SSSR count). The van der Waals surface area contributed by atoms with Gasteiger partial charge in [-0.2, -0.15) is 8.42 Å². The first-order chi connectivity index (χ1) is 12.8. The summed E-state index contributed by atoms with van der Waals surface area (Å²) in [6.07, 6.45) is 7.31. The number of nitrogens with one attached hydrogen (secondary N) is 1. The molecule has 1 amide bonds. The molecule has 144 valence electrons. The molecule has 4 saturated carbocycles. The predicted molar refractivity (Wildman–Crippen MR) is 102 cm³/mol. The molecule has 0 spiro atoms. The van der Waals surface area contributed by atoms with Crippen LogP contribution in [0.15, 0.2) is 33.6 Å². The van der Waals surface area contributed by atoms with Crippen LogP contribution < -0.4 is 5.32 Å². The fraction of sp³-hybridized carbons (Fsp3) is 0.600. The number of benzene rings is 1. The van der Waals surface area contributed by atoms with Crippen molar-refractivity contribution in [3.05, 3.63) is 29.8 Å². The second-order valence-electron chi connectivity index (χ2n) is 8.99. The highest BCUT2D eigenvalue weighted by Crippen LogP contribution is 2.55. The number of carbonyl (C=O) groups is 1. The second-order valence-corrected chi connectivity index (χ2v) is 10.6. The van der Waals surface area contributed by atoms with Gasteiger partial charge in [-0.25, -0.2) is 0 Å². The lowest BCUT2D eigenvalue weighted by molar-refractivity contribution is -0.127.